The zero-order valence-corrected chi connectivity index (χ0v) is 36.7. The zero-order chi connectivity index (χ0) is 36.7. The summed E-state index contributed by atoms with van der Waals surface area (Å²) < 4.78 is 0. The molecule has 0 aromatic heterocycles. The van der Waals surface area contributed by atoms with E-state index in [9.17, 15) is 0 Å². The summed E-state index contributed by atoms with van der Waals surface area (Å²) >= 11 is 0. The molecule has 300 valence electrons. The van der Waals surface area contributed by atoms with Crippen molar-refractivity contribution in [2.75, 3.05) is 18.5 Å². The fourth-order valence-corrected chi connectivity index (χ4v) is 15.8. The molecule has 2 heteroatoms. The molecule has 0 amide bonds. The van der Waals surface area contributed by atoms with E-state index in [2.05, 4.69) is 58.7 Å². The van der Waals surface area contributed by atoms with E-state index in [-0.39, 0.29) is 0 Å². The standard InChI is InChI=1S/C48H98NP/c1-6-11-16-18-20-22-24-26-28-30-32-34-36-38-40-42-47-50(44-13-8-3,45-14-9-4,46-15-10-5)48(49)43-41-39-37-35-33-31-29-27-25-23-21-19-17-12-7-2/h27,29,42,47-48H,6-26,28,30-41,43-46,49H2,1-5H3/b29-27-,47-42?. The molecule has 0 radical (unpaired) electrons. The van der Waals surface area contributed by atoms with Crippen LogP contribution in [0.5, 0.6) is 0 Å². The number of allylic oxidation sites excluding steroid dienone is 3. The molecule has 0 saturated heterocycles. The Morgan fingerprint density at radius 2 is 0.620 bits per heavy atom. The van der Waals surface area contributed by atoms with Crippen LogP contribution in [-0.4, -0.2) is 24.3 Å². The fourth-order valence-electron chi connectivity index (χ4n) is 8.45. The third kappa shape index (κ3) is 26.6. The van der Waals surface area contributed by atoms with Gasteiger partial charge in [0.1, 0.15) is 0 Å². The molecule has 0 aliphatic carbocycles. The van der Waals surface area contributed by atoms with Crippen LogP contribution >= 0.6 is 6.60 Å². The normalized spacial score (nSPS) is 13.8. The second kappa shape index (κ2) is 37.2. The topological polar surface area (TPSA) is 26.0 Å². The Labute approximate surface area is 319 Å². The van der Waals surface area contributed by atoms with Crippen LogP contribution in [0, 0.1) is 0 Å². The monoisotopic (exact) mass is 720 g/mol. The minimum atomic E-state index is -2.14. The third-order valence-electron chi connectivity index (χ3n) is 12.1. The van der Waals surface area contributed by atoms with Crippen LogP contribution in [0.2, 0.25) is 0 Å². The quantitative estimate of drug-likeness (QED) is 0.0380. The van der Waals surface area contributed by atoms with Gasteiger partial charge in [-0.3, -0.25) is 0 Å². The molecule has 0 aliphatic heterocycles. The van der Waals surface area contributed by atoms with Crippen molar-refractivity contribution >= 4 is 6.60 Å². The van der Waals surface area contributed by atoms with Gasteiger partial charge in [0.15, 0.2) is 0 Å². The van der Waals surface area contributed by atoms with Crippen molar-refractivity contribution in [1.29, 1.82) is 0 Å². The van der Waals surface area contributed by atoms with Crippen LogP contribution in [0.25, 0.3) is 0 Å². The Balaban J connectivity index is 4.74. The maximum atomic E-state index is 7.53. The molecule has 0 heterocycles. The van der Waals surface area contributed by atoms with Gasteiger partial charge in [-0.2, -0.15) is 0 Å². The first-order valence-corrected chi connectivity index (χ1v) is 26.6. The summed E-state index contributed by atoms with van der Waals surface area (Å²) in [6.45, 7) is 9.68. The van der Waals surface area contributed by atoms with E-state index in [0.29, 0.717) is 5.78 Å². The van der Waals surface area contributed by atoms with Crippen LogP contribution in [0.3, 0.4) is 0 Å². The molecule has 1 atom stereocenters. The molecule has 0 saturated carbocycles. The van der Waals surface area contributed by atoms with E-state index in [1.165, 1.54) is 243 Å². The summed E-state index contributed by atoms with van der Waals surface area (Å²) in [4.78, 5) is 0. The van der Waals surface area contributed by atoms with E-state index in [1.54, 1.807) is 0 Å². The summed E-state index contributed by atoms with van der Waals surface area (Å²) in [6, 6.07) is 0. The summed E-state index contributed by atoms with van der Waals surface area (Å²) in [7, 11) is 0. The van der Waals surface area contributed by atoms with Crippen molar-refractivity contribution < 1.29 is 0 Å². The molecule has 1 nitrogen and oxygen atoms in total. The minimum absolute atomic E-state index is 0.420. The molecule has 0 aromatic carbocycles. The second-order valence-electron chi connectivity index (χ2n) is 16.9. The SMILES string of the molecule is CCCCCCCC/C=C\CCCCCCCC(N)P(C=CCCCCCCCCCCCCCCCC)(CCCC)(CCCC)CCCC. The first-order chi connectivity index (χ1) is 24.5. The number of rotatable bonds is 41. The van der Waals surface area contributed by atoms with E-state index in [0.717, 1.165) is 0 Å². The zero-order valence-electron chi connectivity index (χ0n) is 35.8. The molecule has 0 fully saturated rings. The average molecular weight is 720 g/mol. The second-order valence-corrected chi connectivity index (χ2v) is 23.0. The summed E-state index contributed by atoms with van der Waals surface area (Å²) in [5.74, 6) is 3.31. The van der Waals surface area contributed by atoms with Crippen molar-refractivity contribution in [3.63, 3.8) is 0 Å². The van der Waals surface area contributed by atoms with Gasteiger partial charge in [-0.05, 0) is 0 Å². The van der Waals surface area contributed by atoms with Crippen LogP contribution in [0.4, 0.5) is 0 Å². The Kier molecular flexibility index (Phi) is 37.1. The fraction of sp³-hybridized carbons (Fsp3) is 0.917. The Morgan fingerprint density at radius 3 is 0.960 bits per heavy atom. The molecule has 50 heavy (non-hydrogen) atoms. The molecular formula is C48H98NP. The van der Waals surface area contributed by atoms with Crippen molar-refractivity contribution in [3.8, 4) is 0 Å². The average Bonchev–Trinajstić information content (AvgIpc) is 3.13. The maximum absolute atomic E-state index is 7.53. The molecule has 2 N–H and O–H groups in total. The van der Waals surface area contributed by atoms with Gasteiger partial charge in [0.25, 0.3) is 0 Å². The van der Waals surface area contributed by atoms with Crippen LogP contribution in [0.1, 0.15) is 259 Å². The number of hydrogen-bond acceptors (Lipinski definition) is 1. The number of unbranched alkanes of at least 4 members (excludes halogenated alkanes) is 28. The van der Waals surface area contributed by atoms with E-state index in [4.69, 9.17) is 5.73 Å². The van der Waals surface area contributed by atoms with Gasteiger partial charge in [0, 0.05) is 0 Å². The Bertz CT molecular complexity index is 701. The van der Waals surface area contributed by atoms with Crippen LogP contribution in [-0.2, 0) is 0 Å². The molecular weight excluding hydrogens is 622 g/mol. The van der Waals surface area contributed by atoms with Gasteiger partial charge in [-0.15, -0.1) is 0 Å². The first-order valence-electron chi connectivity index (χ1n) is 23.6. The predicted octanol–water partition coefficient (Wildman–Crippen LogP) is 17.6. The Hall–Kier alpha value is -0.130. The van der Waals surface area contributed by atoms with E-state index in [1.807, 2.05) is 0 Å². The van der Waals surface area contributed by atoms with Gasteiger partial charge < -0.3 is 0 Å². The van der Waals surface area contributed by atoms with Gasteiger partial charge >= 0.3 is 242 Å². The predicted molar refractivity (Wildman–Crippen MR) is 238 cm³/mol. The van der Waals surface area contributed by atoms with Crippen molar-refractivity contribution in [2.45, 2.75) is 265 Å². The van der Waals surface area contributed by atoms with Crippen molar-refractivity contribution in [2.24, 2.45) is 5.73 Å². The summed E-state index contributed by atoms with van der Waals surface area (Å²) in [5, 5.41) is 0. The summed E-state index contributed by atoms with van der Waals surface area (Å²) in [5.41, 5.74) is 7.53. The molecule has 0 spiro atoms. The molecule has 0 aliphatic rings. The molecule has 1 unspecified atom stereocenters. The van der Waals surface area contributed by atoms with E-state index >= 15 is 0 Å². The molecule has 0 rings (SSSR count). The first kappa shape index (κ1) is 49.9. The summed E-state index contributed by atoms with van der Waals surface area (Å²) in [6.07, 6.45) is 60.5. The van der Waals surface area contributed by atoms with Crippen molar-refractivity contribution in [3.05, 3.63) is 24.0 Å². The third-order valence-corrected chi connectivity index (χ3v) is 19.6. The van der Waals surface area contributed by atoms with Crippen LogP contribution < -0.4 is 5.73 Å². The van der Waals surface area contributed by atoms with Gasteiger partial charge in [-0.25, -0.2) is 0 Å². The molecule has 0 aromatic rings. The van der Waals surface area contributed by atoms with E-state index < -0.39 is 6.60 Å². The van der Waals surface area contributed by atoms with Gasteiger partial charge in [0.2, 0.25) is 0 Å². The van der Waals surface area contributed by atoms with Gasteiger partial charge in [0.05, 0.1) is 0 Å². The Morgan fingerprint density at radius 1 is 0.340 bits per heavy atom. The molecule has 0 bridgehead atoms. The number of nitrogens with two attached hydrogens (primary N) is 1. The van der Waals surface area contributed by atoms with Crippen LogP contribution in [0.15, 0.2) is 24.0 Å². The number of hydrogen-bond donors (Lipinski definition) is 1. The van der Waals surface area contributed by atoms with Gasteiger partial charge in [-0.1, -0.05) is 78.1 Å². The van der Waals surface area contributed by atoms with Crippen molar-refractivity contribution in [1.82, 2.24) is 0 Å².